The van der Waals surface area contributed by atoms with Crippen LogP contribution in [0.25, 0.3) is 11.1 Å². The molecule has 3 aromatic carbocycles. The highest BCUT2D eigenvalue weighted by atomic mass is 35.5. The maximum absolute atomic E-state index is 13.4. The zero-order valence-electron chi connectivity index (χ0n) is 21.7. The molecule has 1 amide bonds. The van der Waals surface area contributed by atoms with Crippen LogP contribution in [-0.2, 0) is 29.4 Å². The van der Waals surface area contributed by atoms with E-state index in [1.165, 1.54) is 29.2 Å². The number of aromatic nitrogens is 2. The van der Waals surface area contributed by atoms with Gasteiger partial charge < -0.3 is 15.0 Å². The molecule has 2 heterocycles. The van der Waals surface area contributed by atoms with Gasteiger partial charge in [-0.15, -0.1) is 0 Å². The molecule has 6 nitrogen and oxygen atoms in total. The van der Waals surface area contributed by atoms with Crippen molar-refractivity contribution in [1.29, 1.82) is 0 Å². The molecule has 2 N–H and O–H groups in total. The molecule has 0 saturated heterocycles. The fraction of sp³-hybridized carbons (Fsp3) is 0.258. The largest absolute Gasteiger partial charge is 0.417 e. The third-order valence-corrected chi connectivity index (χ3v) is 8.28. The average molecular weight is 580 g/mol. The molecule has 0 bridgehead atoms. The molecule has 1 aliphatic carbocycles. The molecule has 1 saturated carbocycles. The lowest BCUT2D eigenvalue weighted by Gasteiger charge is -2.30. The van der Waals surface area contributed by atoms with Crippen LogP contribution in [0.15, 0.2) is 77.6 Å². The Morgan fingerprint density at radius 3 is 2.46 bits per heavy atom. The number of aliphatic hydroxyl groups excluding tert-OH is 1. The van der Waals surface area contributed by atoms with E-state index in [0.29, 0.717) is 29.1 Å². The van der Waals surface area contributed by atoms with Crippen LogP contribution in [-0.4, -0.2) is 32.4 Å². The number of carbonyl (C=O) groups excluding carboxylic acids is 1. The number of nitrogens with one attached hydrogen (secondary N) is 1. The Labute approximate surface area is 238 Å². The van der Waals surface area contributed by atoms with Gasteiger partial charge in [0.25, 0.3) is 11.5 Å². The molecule has 0 unspecified atom stereocenters. The lowest BCUT2D eigenvalue weighted by atomic mass is 9.94. The number of aromatic amines is 1. The third-order valence-electron chi connectivity index (χ3n) is 7.95. The van der Waals surface area contributed by atoms with Gasteiger partial charge in [0.15, 0.2) is 6.10 Å². The van der Waals surface area contributed by atoms with Gasteiger partial charge >= 0.3 is 6.18 Å². The lowest BCUT2D eigenvalue weighted by molar-refractivity contribution is -0.141. The Kier molecular flexibility index (Phi) is 6.74. The minimum atomic E-state index is -4.63. The van der Waals surface area contributed by atoms with E-state index in [4.69, 9.17) is 16.6 Å². The molecule has 0 radical (unpaired) electrons. The molecule has 6 rings (SSSR count). The van der Waals surface area contributed by atoms with Crippen LogP contribution in [0.5, 0.6) is 0 Å². The summed E-state index contributed by atoms with van der Waals surface area (Å²) in [6, 6.07) is 19.7. The number of amides is 1. The molecule has 4 aromatic rings. The predicted octanol–water partition coefficient (Wildman–Crippen LogP) is 5.81. The fourth-order valence-corrected chi connectivity index (χ4v) is 5.73. The quantitative estimate of drug-likeness (QED) is 0.313. The standard InChI is InChI=1S/C31H25ClF3N3O3/c32-24-10-9-19(16-23(24)31(33,34)35)18-5-4-6-20(15-18)26(39)28(41)38-14-11-25-22(17-38)27(40)37-29(36-25)30(12-13-30)21-7-2-1-3-8-21/h1-10,15-16,26,39H,11-14,17H2,(H,36,37,40)/t26-/m1/s1. The summed E-state index contributed by atoms with van der Waals surface area (Å²) >= 11 is 5.75. The zero-order valence-corrected chi connectivity index (χ0v) is 22.5. The number of hydrogen-bond donors (Lipinski definition) is 2. The van der Waals surface area contributed by atoms with E-state index in [-0.39, 0.29) is 35.2 Å². The first kappa shape index (κ1) is 27.2. The van der Waals surface area contributed by atoms with Crippen LogP contribution in [0.4, 0.5) is 13.2 Å². The summed E-state index contributed by atoms with van der Waals surface area (Å²) in [4.78, 5) is 35.6. The van der Waals surface area contributed by atoms with Crippen molar-refractivity contribution in [3.63, 3.8) is 0 Å². The van der Waals surface area contributed by atoms with Gasteiger partial charge in [-0.25, -0.2) is 4.98 Å². The van der Waals surface area contributed by atoms with Crippen LogP contribution in [0.2, 0.25) is 5.02 Å². The van der Waals surface area contributed by atoms with Crippen molar-refractivity contribution in [2.45, 2.75) is 43.5 Å². The fourth-order valence-electron chi connectivity index (χ4n) is 5.51. The van der Waals surface area contributed by atoms with E-state index in [9.17, 15) is 27.9 Å². The van der Waals surface area contributed by atoms with Gasteiger partial charge in [-0.3, -0.25) is 9.59 Å². The highest BCUT2D eigenvalue weighted by Crippen LogP contribution is 2.52. The Bertz CT molecular complexity index is 1700. The molecule has 2 aliphatic rings. The summed E-state index contributed by atoms with van der Waals surface area (Å²) in [6.45, 7) is 0.265. The van der Waals surface area contributed by atoms with Crippen LogP contribution in [0, 0.1) is 0 Å². The first-order chi connectivity index (χ1) is 19.6. The second kappa shape index (κ2) is 10.2. The second-order valence-corrected chi connectivity index (χ2v) is 10.9. The maximum atomic E-state index is 13.4. The summed E-state index contributed by atoms with van der Waals surface area (Å²) in [5.41, 5.74) is 1.43. The Morgan fingerprint density at radius 1 is 1.02 bits per heavy atom. The van der Waals surface area contributed by atoms with Crippen molar-refractivity contribution in [2.24, 2.45) is 0 Å². The molecular formula is C31H25ClF3N3O3. The van der Waals surface area contributed by atoms with Crippen molar-refractivity contribution in [3.8, 4) is 11.1 Å². The number of H-pyrrole nitrogens is 1. The van der Waals surface area contributed by atoms with Crippen molar-refractivity contribution in [2.75, 3.05) is 6.54 Å². The van der Waals surface area contributed by atoms with E-state index in [1.54, 1.807) is 12.1 Å². The topological polar surface area (TPSA) is 86.3 Å². The molecule has 210 valence electrons. The first-order valence-electron chi connectivity index (χ1n) is 13.2. The molecule has 10 heteroatoms. The number of rotatable bonds is 5. The van der Waals surface area contributed by atoms with Gasteiger partial charge in [0.1, 0.15) is 5.82 Å². The van der Waals surface area contributed by atoms with E-state index < -0.39 is 28.8 Å². The van der Waals surface area contributed by atoms with Crippen molar-refractivity contribution < 1.29 is 23.1 Å². The van der Waals surface area contributed by atoms with Gasteiger partial charge in [-0.2, -0.15) is 13.2 Å². The monoisotopic (exact) mass is 579 g/mol. The highest BCUT2D eigenvalue weighted by Gasteiger charge is 2.48. The SMILES string of the molecule is O=C([C@H](O)c1cccc(-c2ccc(Cl)c(C(F)(F)F)c2)c1)N1CCc2nc(C3(c4ccccc4)CC3)[nH]c(=O)c2C1. The summed E-state index contributed by atoms with van der Waals surface area (Å²) < 4.78 is 40.1. The van der Waals surface area contributed by atoms with Gasteiger partial charge in [0, 0.05) is 13.0 Å². The Balaban J connectivity index is 1.22. The summed E-state index contributed by atoms with van der Waals surface area (Å²) in [6.07, 6.45) is -4.05. The Morgan fingerprint density at radius 2 is 1.76 bits per heavy atom. The minimum absolute atomic E-state index is 0.00199. The van der Waals surface area contributed by atoms with E-state index in [0.717, 1.165) is 24.5 Å². The van der Waals surface area contributed by atoms with E-state index in [1.807, 2.05) is 30.3 Å². The molecule has 1 aromatic heterocycles. The number of benzene rings is 3. The molecule has 41 heavy (non-hydrogen) atoms. The van der Waals surface area contributed by atoms with Crippen LogP contribution in [0.1, 0.15) is 52.7 Å². The zero-order chi connectivity index (χ0) is 28.9. The van der Waals surface area contributed by atoms with Crippen LogP contribution in [0.3, 0.4) is 0 Å². The summed E-state index contributed by atoms with van der Waals surface area (Å²) in [5, 5.41) is 10.5. The van der Waals surface area contributed by atoms with Crippen molar-refractivity contribution in [3.05, 3.63) is 122 Å². The van der Waals surface area contributed by atoms with Crippen molar-refractivity contribution in [1.82, 2.24) is 14.9 Å². The normalized spacial score (nSPS) is 16.7. The molecule has 1 fully saturated rings. The number of fused-ring (bicyclic) bond motifs is 1. The van der Waals surface area contributed by atoms with Crippen LogP contribution >= 0.6 is 11.6 Å². The van der Waals surface area contributed by atoms with Gasteiger partial charge in [0.05, 0.1) is 33.8 Å². The van der Waals surface area contributed by atoms with Crippen molar-refractivity contribution >= 4 is 17.5 Å². The number of carbonyl (C=O) groups is 1. The molecule has 1 atom stereocenters. The third kappa shape index (κ3) is 5.04. The summed E-state index contributed by atoms with van der Waals surface area (Å²) in [5.74, 6) is 0.0336. The maximum Gasteiger partial charge on any atom is 0.417 e. The van der Waals surface area contributed by atoms with Gasteiger partial charge in [0.2, 0.25) is 0 Å². The minimum Gasteiger partial charge on any atom is -0.378 e. The predicted molar refractivity (Wildman–Crippen MR) is 147 cm³/mol. The van der Waals surface area contributed by atoms with Gasteiger partial charge in [-0.1, -0.05) is 66.2 Å². The number of nitrogens with zero attached hydrogens (tertiary/aromatic N) is 2. The molecule has 1 aliphatic heterocycles. The first-order valence-corrected chi connectivity index (χ1v) is 13.6. The second-order valence-electron chi connectivity index (χ2n) is 10.5. The van der Waals surface area contributed by atoms with E-state index in [2.05, 4.69) is 4.98 Å². The smallest absolute Gasteiger partial charge is 0.378 e. The molecule has 0 spiro atoms. The number of halogens is 4. The Hall–Kier alpha value is -3.95. The summed E-state index contributed by atoms with van der Waals surface area (Å²) in [7, 11) is 0. The molecular weight excluding hydrogens is 555 g/mol. The number of alkyl halides is 3. The number of hydrogen-bond acceptors (Lipinski definition) is 4. The highest BCUT2D eigenvalue weighted by molar-refractivity contribution is 6.31. The lowest BCUT2D eigenvalue weighted by Crippen LogP contribution is -2.42. The van der Waals surface area contributed by atoms with Gasteiger partial charge in [-0.05, 0) is 53.3 Å². The average Bonchev–Trinajstić information content (AvgIpc) is 3.79. The number of aliphatic hydroxyl groups is 1. The van der Waals surface area contributed by atoms with Crippen LogP contribution < -0.4 is 5.56 Å². The van der Waals surface area contributed by atoms with E-state index >= 15 is 0 Å².